The molecule has 6 heteroatoms. The van der Waals surface area contributed by atoms with Crippen LogP contribution in [0.25, 0.3) is 0 Å². The van der Waals surface area contributed by atoms with Gasteiger partial charge in [-0.1, -0.05) is 0 Å². The highest BCUT2D eigenvalue weighted by Crippen LogP contribution is 2.21. The summed E-state index contributed by atoms with van der Waals surface area (Å²) in [4.78, 5) is 16.5. The van der Waals surface area contributed by atoms with E-state index in [-0.39, 0.29) is 12.0 Å². The average Bonchev–Trinajstić information content (AvgIpc) is 2.44. The number of hydrogen-bond acceptors (Lipinski definition) is 5. The SMILES string of the molecule is CN1CCOC(CNC(=O)c2cc(N)ccc2N(C)C)C1. The zero-order chi connectivity index (χ0) is 15.4. The number of amides is 1. The van der Waals surface area contributed by atoms with Crippen molar-refractivity contribution in [1.82, 2.24) is 10.2 Å². The molecule has 1 saturated heterocycles. The fourth-order valence-electron chi connectivity index (χ4n) is 2.42. The first-order chi connectivity index (χ1) is 9.97. The van der Waals surface area contributed by atoms with Gasteiger partial charge >= 0.3 is 0 Å². The summed E-state index contributed by atoms with van der Waals surface area (Å²) in [6, 6.07) is 5.36. The molecule has 116 valence electrons. The average molecular weight is 292 g/mol. The van der Waals surface area contributed by atoms with Gasteiger partial charge in [0.05, 0.1) is 18.3 Å². The molecule has 21 heavy (non-hydrogen) atoms. The van der Waals surface area contributed by atoms with Crippen LogP contribution in [-0.4, -0.2) is 64.3 Å². The van der Waals surface area contributed by atoms with Gasteiger partial charge in [0.2, 0.25) is 0 Å². The topological polar surface area (TPSA) is 70.8 Å². The number of likely N-dealkylation sites (N-methyl/N-ethyl adjacent to an activating group) is 1. The van der Waals surface area contributed by atoms with E-state index in [1.807, 2.05) is 25.1 Å². The summed E-state index contributed by atoms with van der Waals surface area (Å²) in [7, 11) is 5.86. The number of carbonyl (C=O) groups excluding carboxylic acids is 1. The highest BCUT2D eigenvalue weighted by Gasteiger charge is 2.20. The number of ether oxygens (including phenoxy) is 1. The molecule has 1 amide bonds. The molecular weight excluding hydrogens is 268 g/mol. The smallest absolute Gasteiger partial charge is 0.253 e. The van der Waals surface area contributed by atoms with Gasteiger partial charge < -0.3 is 25.6 Å². The Morgan fingerprint density at radius 3 is 2.95 bits per heavy atom. The van der Waals surface area contributed by atoms with Gasteiger partial charge in [-0.05, 0) is 25.2 Å². The van der Waals surface area contributed by atoms with E-state index in [2.05, 4.69) is 17.3 Å². The summed E-state index contributed by atoms with van der Waals surface area (Å²) in [5.74, 6) is -0.122. The van der Waals surface area contributed by atoms with Crippen LogP contribution >= 0.6 is 0 Å². The molecule has 1 atom stereocenters. The third-order valence-electron chi connectivity index (χ3n) is 3.58. The van der Waals surface area contributed by atoms with Gasteiger partial charge in [-0.2, -0.15) is 0 Å². The van der Waals surface area contributed by atoms with Crippen LogP contribution in [0.1, 0.15) is 10.4 Å². The Labute approximate surface area is 125 Å². The Bertz CT molecular complexity index is 504. The van der Waals surface area contributed by atoms with Crippen LogP contribution in [0.4, 0.5) is 11.4 Å². The lowest BCUT2D eigenvalue weighted by atomic mass is 10.1. The Hall–Kier alpha value is -1.79. The van der Waals surface area contributed by atoms with Crippen molar-refractivity contribution in [2.75, 3.05) is 58.0 Å². The van der Waals surface area contributed by atoms with Crippen LogP contribution in [0.5, 0.6) is 0 Å². The minimum Gasteiger partial charge on any atom is -0.399 e. The van der Waals surface area contributed by atoms with Crippen molar-refractivity contribution in [1.29, 1.82) is 0 Å². The van der Waals surface area contributed by atoms with Gasteiger partial charge in [0.25, 0.3) is 5.91 Å². The highest BCUT2D eigenvalue weighted by molar-refractivity contribution is 6.00. The van der Waals surface area contributed by atoms with Gasteiger partial charge in [0.15, 0.2) is 0 Å². The molecule has 1 unspecified atom stereocenters. The predicted octanol–water partition coefficient (Wildman–Crippen LogP) is 0.395. The first kappa shape index (κ1) is 15.6. The number of nitrogens with zero attached hydrogens (tertiary/aromatic N) is 2. The van der Waals surface area contributed by atoms with E-state index in [1.165, 1.54) is 0 Å². The molecule has 0 saturated carbocycles. The Kier molecular flexibility index (Phi) is 5.03. The Balaban J connectivity index is 2.01. The van der Waals surface area contributed by atoms with E-state index in [4.69, 9.17) is 10.5 Å². The van der Waals surface area contributed by atoms with Crippen LogP contribution < -0.4 is 16.0 Å². The molecule has 1 aromatic rings. The number of hydrogen-bond donors (Lipinski definition) is 2. The van der Waals surface area contributed by atoms with Crippen LogP contribution in [0.15, 0.2) is 18.2 Å². The lowest BCUT2D eigenvalue weighted by Gasteiger charge is -2.30. The molecule has 3 N–H and O–H groups in total. The van der Waals surface area contributed by atoms with E-state index in [1.54, 1.807) is 12.1 Å². The number of anilines is 2. The number of nitrogens with two attached hydrogens (primary N) is 1. The Morgan fingerprint density at radius 1 is 1.52 bits per heavy atom. The maximum absolute atomic E-state index is 12.4. The molecule has 6 nitrogen and oxygen atoms in total. The summed E-state index contributed by atoms with van der Waals surface area (Å²) in [6.45, 7) is 2.98. The van der Waals surface area contributed by atoms with E-state index in [0.717, 1.165) is 18.8 Å². The fraction of sp³-hybridized carbons (Fsp3) is 0.533. The van der Waals surface area contributed by atoms with Gasteiger partial charge in [0.1, 0.15) is 0 Å². The molecule has 1 aliphatic rings. The third-order valence-corrected chi connectivity index (χ3v) is 3.58. The van der Waals surface area contributed by atoms with E-state index in [9.17, 15) is 4.79 Å². The molecule has 0 bridgehead atoms. The third kappa shape index (κ3) is 4.09. The first-order valence-electron chi connectivity index (χ1n) is 7.12. The minimum atomic E-state index is -0.122. The maximum Gasteiger partial charge on any atom is 0.253 e. The van der Waals surface area contributed by atoms with Crippen molar-refractivity contribution in [3.05, 3.63) is 23.8 Å². The van der Waals surface area contributed by atoms with Gasteiger partial charge in [-0.15, -0.1) is 0 Å². The summed E-state index contributed by atoms with van der Waals surface area (Å²) >= 11 is 0. The normalized spacial score (nSPS) is 19.3. The van der Waals surface area contributed by atoms with Crippen LogP contribution in [0, 0.1) is 0 Å². The van der Waals surface area contributed by atoms with E-state index >= 15 is 0 Å². The molecule has 0 aliphatic carbocycles. The van der Waals surface area contributed by atoms with Crippen molar-refractivity contribution in [3.8, 4) is 0 Å². The fourth-order valence-corrected chi connectivity index (χ4v) is 2.42. The number of benzene rings is 1. The van der Waals surface area contributed by atoms with Crippen molar-refractivity contribution < 1.29 is 9.53 Å². The van der Waals surface area contributed by atoms with Crippen LogP contribution in [-0.2, 0) is 4.74 Å². The van der Waals surface area contributed by atoms with Crippen molar-refractivity contribution >= 4 is 17.3 Å². The molecular formula is C15H24N4O2. The molecule has 2 rings (SSSR count). The number of rotatable bonds is 4. The molecule has 0 spiro atoms. The number of nitrogen functional groups attached to an aromatic ring is 1. The molecule has 0 aromatic heterocycles. The predicted molar refractivity (Wildman–Crippen MR) is 84.8 cm³/mol. The standard InChI is InChI=1S/C15H24N4O2/c1-18(2)14-5-4-11(16)8-13(14)15(20)17-9-12-10-19(3)6-7-21-12/h4-5,8,12H,6-7,9-10,16H2,1-3H3,(H,17,20). The summed E-state index contributed by atoms with van der Waals surface area (Å²) < 4.78 is 5.64. The molecule has 1 aliphatic heterocycles. The second-order valence-corrected chi connectivity index (χ2v) is 5.64. The highest BCUT2D eigenvalue weighted by atomic mass is 16.5. The number of carbonyl (C=O) groups is 1. The van der Waals surface area contributed by atoms with Crippen LogP contribution in [0.3, 0.4) is 0 Å². The zero-order valence-corrected chi connectivity index (χ0v) is 12.9. The van der Waals surface area contributed by atoms with Crippen molar-refractivity contribution in [2.24, 2.45) is 0 Å². The van der Waals surface area contributed by atoms with Crippen LogP contribution in [0.2, 0.25) is 0 Å². The monoisotopic (exact) mass is 292 g/mol. The second kappa shape index (κ2) is 6.78. The van der Waals surface area contributed by atoms with Gasteiger partial charge in [-0.25, -0.2) is 0 Å². The van der Waals surface area contributed by atoms with Crippen molar-refractivity contribution in [2.45, 2.75) is 6.10 Å². The lowest BCUT2D eigenvalue weighted by molar-refractivity contribution is -0.0174. The molecule has 0 radical (unpaired) electrons. The summed E-state index contributed by atoms with van der Waals surface area (Å²) in [6.07, 6.45) is 0.0385. The van der Waals surface area contributed by atoms with Crippen molar-refractivity contribution in [3.63, 3.8) is 0 Å². The largest absolute Gasteiger partial charge is 0.399 e. The second-order valence-electron chi connectivity index (χ2n) is 5.64. The molecule has 1 heterocycles. The molecule has 1 aromatic carbocycles. The quantitative estimate of drug-likeness (QED) is 0.786. The minimum absolute atomic E-state index is 0.0385. The van der Waals surface area contributed by atoms with E-state index < -0.39 is 0 Å². The number of nitrogens with one attached hydrogen (secondary N) is 1. The first-order valence-corrected chi connectivity index (χ1v) is 7.12. The summed E-state index contributed by atoms with van der Waals surface area (Å²) in [5.41, 5.74) is 7.81. The van der Waals surface area contributed by atoms with Gasteiger partial charge in [-0.3, -0.25) is 4.79 Å². The molecule has 1 fully saturated rings. The number of morpholine rings is 1. The Morgan fingerprint density at radius 2 is 2.29 bits per heavy atom. The zero-order valence-electron chi connectivity index (χ0n) is 12.9. The lowest BCUT2D eigenvalue weighted by Crippen LogP contribution is -2.46. The summed E-state index contributed by atoms with van der Waals surface area (Å²) in [5, 5.41) is 2.94. The van der Waals surface area contributed by atoms with Gasteiger partial charge in [0, 0.05) is 45.1 Å². The maximum atomic E-state index is 12.4. The van der Waals surface area contributed by atoms with E-state index in [0.29, 0.717) is 24.4 Å².